The molecule has 1 amide bonds. The summed E-state index contributed by atoms with van der Waals surface area (Å²) >= 11 is 0. The van der Waals surface area contributed by atoms with Gasteiger partial charge >= 0.3 is 12.3 Å². The van der Waals surface area contributed by atoms with E-state index in [4.69, 9.17) is 14.3 Å². The number of ether oxygens (including phenoxy) is 2. The number of alkyl halides is 3. The average molecular weight is 510 g/mol. The molecule has 0 fully saturated rings. The molecule has 0 saturated heterocycles. The first kappa shape index (κ1) is 29.1. The van der Waals surface area contributed by atoms with Gasteiger partial charge in [0.05, 0.1) is 17.8 Å². The van der Waals surface area contributed by atoms with E-state index in [-0.39, 0.29) is 19.2 Å². The highest BCUT2D eigenvalue weighted by Gasteiger charge is 2.30. The number of nitrogens with one attached hydrogen (secondary N) is 1. The average Bonchev–Trinajstić information content (AvgIpc) is 2.84. The van der Waals surface area contributed by atoms with Gasteiger partial charge in [0.2, 0.25) is 0 Å². The molecule has 36 heavy (non-hydrogen) atoms. The van der Waals surface area contributed by atoms with Crippen LogP contribution in [0.5, 0.6) is 5.75 Å². The largest absolute Gasteiger partial charge is 0.416 e. The number of halogens is 3. The summed E-state index contributed by atoms with van der Waals surface area (Å²) in [5, 5.41) is 6.70. The number of nitrogens with zero attached hydrogens (tertiary/aromatic N) is 2. The molecule has 0 aliphatic carbocycles. The van der Waals surface area contributed by atoms with Crippen molar-refractivity contribution in [3.63, 3.8) is 0 Å². The van der Waals surface area contributed by atoms with E-state index >= 15 is 0 Å². The van der Waals surface area contributed by atoms with E-state index in [0.717, 1.165) is 30.5 Å². The van der Waals surface area contributed by atoms with Crippen LogP contribution in [0.25, 0.3) is 0 Å². The van der Waals surface area contributed by atoms with Gasteiger partial charge in [0, 0.05) is 19.8 Å². The molecule has 2 rings (SSSR count). The Kier molecular flexibility index (Phi) is 11.7. The van der Waals surface area contributed by atoms with E-state index in [1.54, 1.807) is 13.2 Å². The third-order valence-corrected chi connectivity index (χ3v) is 5.52. The lowest BCUT2D eigenvalue weighted by Crippen LogP contribution is -2.29. The van der Waals surface area contributed by atoms with Crippen LogP contribution in [0.4, 0.5) is 18.0 Å². The zero-order chi connectivity index (χ0) is 26.6. The second-order valence-electron chi connectivity index (χ2n) is 8.42. The van der Waals surface area contributed by atoms with Crippen LogP contribution in [0, 0.1) is 0 Å². The number of benzene rings is 2. The summed E-state index contributed by atoms with van der Waals surface area (Å²) in [5.74, 6) is 0.429. The molecular weight excluding hydrogens is 475 g/mol. The second kappa shape index (κ2) is 14.4. The second-order valence-corrected chi connectivity index (χ2v) is 8.42. The number of unbranched alkanes of at least 4 members (excludes halogenated alkanes) is 1. The van der Waals surface area contributed by atoms with Gasteiger partial charge in [0.1, 0.15) is 12.4 Å². The van der Waals surface area contributed by atoms with Gasteiger partial charge < -0.3 is 24.5 Å². The Balaban J connectivity index is 1.89. The van der Waals surface area contributed by atoms with Gasteiger partial charge in [-0.05, 0) is 75.7 Å². The van der Waals surface area contributed by atoms with E-state index < -0.39 is 17.8 Å². The molecule has 10 heteroatoms. The lowest BCUT2D eigenvalue weighted by Gasteiger charge is -2.20. The highest BCUT2D eigenvalue weighted by Crippen LogP contribution is 2.29. The first-order valence-electron chi connectivity index (χ1n) is 11.7. The maximum Gasteiger partial charge on any atom is 0.416 e. The molecule has 7 nitrogen and oxygen atoms in total. The van der Waals surface area contributed by atoms with E-state index in [2.05, 4.69) is 10.5 Å². The monoisotopic (exact) mass is 509 g/mol. The molecule has 1 atom stereocenters. The predicted octanol–water partition coefficient (Wildman–Crippen LogP) is 5.65. The Hall–Kier alpha value is -3.11. The first-order chi connectivity index (χ1) is 17.1. The molecular formula is C26H34F3N3O4. The molecule has 0 bridgehead atoms. The molecule has 0 aliphatic rings. The number of carbonyl (C=O) groups is 1. The lowest BCUT2D eigenvalue weighted by atomic mass is 10.0. The fraction of sp³-hybridized carbons (Fsp3) is 0.462. The van der Waals surface area contributed by atoms with Gasteiger partial charge in [-0.1, -0.05) is 29.4 Å². The highest BCUT2D eigenvalue weighted by atomic mass is 19.4. The SMILES string of the molecule is COCCCCC(=NOCCNC(=O)Oc1cccc([C@H](C)N(C)C)c1)c1ccc(C(F)(F)F)cc1. The summed E-state index contributed by atoms with van der Waals surface area (Å²) in [6, 6.07) is 12.3. The Bertz CT molecular complexity index is 979. The van der Waals surface area contributed by atoms with Crippen LogP contribution >= 0.6 is 0 Å². The van der Waals surface area contributed by atoms with Gasteiger partial charge in [0.15, 0.2) is 0 Å². The molecule has 0 radical (unpaired) electrons. The topological polar surface area (TPSA) is 72.4 Å². The van der Waals surface area contributed by atoms with Gasteiger partial charge in [-0.15, -0.1) is 0 Å². The van der Waals surface area contributed by atoms with Gasteiger partial charge in [0.25, 0.3) is 0 Å². The Morgan fingerprint density at radius 3 is 2.44 bits per heavy atom. The molecule has 0 aliphatic heterocycles. The number of methoxy groups -OCH3 is 1. The molecule has 2 aromatic carbocycles. The maximum atomic E-state index is 12.9. The van der Waals surface area contributed by atoms with Crippen LogP contribution in [-0.2, 0) is 15.8 Å². The van der Waals surface area contributed by atoms with E-state index in [9.17, 15) is 18.0 Å². The zero-order valence-electron chi connectivity index (χ0n) is 21.1. The van der Waals surface area contributed by atoms with Gasteiger partial charge in [-0.3, -0.25) is 0 Å². The molecule has 1 N–H and O–H groups in total. The summed E-state index contributed by atoms with van der Waals surface area (Å²) < 4.78 is 49.0. The van der Waals surface area contributed by atoms with Crippen molar-refractivity contribution in [1.29, 1.82) is 0 Å². The van der Waals surface area contributed by atoms with Crippen LogP contribution in [-0.4, -0.2) is 57.7 Å². The van der Waals surface area contributed by atoms with Crippen molar-refractivity contribution in [2.45, 2.75) is 38.4 Å². The fourth-order valence-electron chi connectivity index (χ4n) is 3.23. The van der Waals surface area contributed by atoms with Crippen molar-refractivity contribution in [2.24, 2.45) is 5.16 Å². The summed E-state index contributed by atoms with van der Waals surface area (Å²) in [7, 11) is 5.54. The summed E-state index contributed by atoms with van der Waals surface area (Å²) in [5.41, 5.74) is 1.36. The fourth-order valence-corrected chi connectivity index (χ4v) is 3.23. The molecule has 0 unspecified atom stereocenters. The van der Waals surface area contributed by atoms with Crippen LogP contribution in [0.1, 0.15) is 48.9 Å². The minimum Gasteiger partial charge on any atom is -0.410 e. The van der Waals surface area contributed by atoms with E-state index in [1.807, 2.05) is 44.1 Å². The minimum atomic E-state index is -4.41. The molecule has 2 aromatic rings. The summed E-state index contributed by atoms with van der Waals surface area (Å²) in [6.45, 7) is 2.83. The van der Waals surface area contributed by atoms with Crippen LogP contribution in [0.15, 0.2) is 53.7 Å². The van der Waals surface area contributed by atoms with Gasteiger partial charge in [-0.25, -0.2) is 4.79 Å². The van der Waals surface area contributed by atoms with Crippen LogP contribution < -0.4 is 10.1 Å². The maximum absolute atomic E-state index is 12.9. The molecule has 0 heterocycles. The zero-order valence-corrected chi connectivity index (χ0v) is 21.1. The summed E-state index contributed by atoms with van der Waals surface area (Å²) in [4.78, 5) is 19.5. The van der Waals surface area contributed by atoms with Crippen LogP contribution in [0.2, 0.25) is 0 Å². The first-order valence-corrected chi connectivity index (χ1v) is 11.7. The predicted molar refractivity (Wildman–Crippen MR) is 132 cm³/mol. The molecule has 0 saturated carbocycles. The van der Waals surface area contributed by atoms with Crippen molar-refractivity contribution in [3.05, 3.63) is 65.2 Å². The van der Waals surface area contributed by atoms with Crippen LogP contribution in [0.3, 0.4) is 0 Å². The normalized spacial score (nSPS) is 12.9. The molecule has 0 spiro atoms. The quantitative estimate of drug-likeness (QED) is 0.215. The van der Waals surface area contributed by atoms with Crippen molar-refractivity contribution in [3.8, 4) is 5.75 Å². The highest BCUT2D eigenvalue weighted by molar-refractivity contribution is 6.00. The lowest BCUT2D eigenvalue weighted by molar-refractivity contribution is -0.137. The number of oxime groups is 1. The van der Waals surface area contributed by atoms with Crippen molar-refractivity contribution < 1.29 is 32.3 Å². The minimum absolute atomic E-state index is 0.0645. The third-order valence-electron chi connectivity index (χ3n) is 5.52. The number of carbonyl (C=O) groups excluding carboxylic acids is 1. The van der Waals surface area contributed by atoms with Crippen molar-refractivity contribution in [1.82, 2.24) is 10.2 Å². The Labute approximate surface area is 210 Å². The molecule has 0 aromatic heterocycles. The number of hydrogen-bond acceptors (Lipinski definition) is 6. The Morgan fingerprint density at radius 1 is 1.08 bits per heavy atom. The number of rotatable bonds is 13. The van der Waals surface area contributed by atoms with Crippen molar-refractivity contribution >= 4 is 11.8 Å². The standard InChI is InChI=1S/C26H34F3N3O4/c1-19(32(2)3)21-8-7-9-23(18-21)36-25(33)30-15-17-35-31-24(10-5-6-16-34-4)20-11-13-22(14-12-20)26(27,28)29/h7-9,11-14,18-19H,5-6,10,15-17H2,1-4H3,(H,30,33)/t19-/m0/s1. The molecule has 198 valence electrons. The smallest absolute Gasteiger partial charge is 0.410 e. The van der Waals surface area contributed by atoms with Gasteiger partial charge in [-0.2, -0.15) is 13.2 Å². The number of amides is 1. The number of hydrogen-bond donors (Lipinski definition) is 1. The third kappa shape index (κ3) is 9.87. The van der Waals surface area contributed by atoms with E-state index in [0.29, 0.717) is 30.1 Å². The Morgan fingerprint density at radius 2 is 1.81 bits per heavy atom. The van der Waals surface area contributed by atoms with E-state index in [1.165, 1.54) is 12.1 Å². The van der Waals surface area contributed by atoms with Crippen molar-refractivity contribution in [2.75, 3.05) is 41.0 Å². The summed E-state index contributed by atoms with van der Waals surface area (Å²) in [6.07, 6.45) is -3.02.